The molecule has 0 saturated carbocycles. The number of hydrogen-bond donors (Lipinski definition) is 1. The maximum absolute atomic E-state index is 13.1. The lowest BCUT2D eigenvalue weighted by Crippen LogP contribution is -2.54. The van der Waals surface area contributed by atoms with Gasteiger partial charge in [-0.3, -0.25) is 5.32 Å². The topological polar surface area (TPSA) is 61.6 Å². The molecule has 2 aliphatic rings. The predicted octanol–water partition coefficient (Wildman–Crippen LogP) is 2.55. The van der Waals surface area contributed by atoms with Crippen molar-refractivity contribution in [2.45, 2.75) is 24.6 Å². The summed E-state index contributed by atoms with van der Waals surface area (Å²) in [4.78, 5) is 4.44. The Bertz CT molecular complexity index is 1010. The molecule has 7 nitrogen and oxygen atoms in total. The van der Waals surface area contributed by atoms with Crippen molar-refractivity contribution in [2.24, 2.45) is 0 Å². The standard InChI is InChI=1S/C19H20F3N7/c20-19(21,22)17-25-24-15-6-7-16(26-29(15)17)27-10-8-18(9-11-27)12-23-13-28(18)14-4-2-1-3-5-14/h1-7,23H,8-13H2. The third-order valence-corrected chi connectivity index (χ3v) is 5.88. The third-order valence-electron chi connectivity index (χ3n) is 5.88. The van der Waals surface area contributed by atoms with E-state index in [0.29, 0.717) is 18.9 Å². The SMILES string of the molecule is FC(F)(F)c1nnc2ccc(N3CCC4(CC3)CNCN4c3ccccc3)nn12. The van der Waals surface area contributed by atoms with Gasteiger partial charge in [0, 0.05) is 25.3 Å². The molecule has 5 rings (SSSR count). The highest BCUT2D eigenvalue weighted by molar-refractivity contribution is 5.52. The van der Waals surface area contributed by atoms with Crippen LogP contribution in [-0.4, -0.2) is 51.7 Å². The molecule has 2 fully saturated rings. The molecule has 29 heavy (non-hydrogen) atoms. The number of benzene rings is 1. The molecule has 1 N–H and O–H groups in total. The number of rotatable bonds is 2. The van der Waals surface area contributed by atoms with E-state index in [2.05, 4.69) is 37.6 Å². The van der Waals surface area contributed by atoms with Gasteiger partial charge in [0.05, 0.1) is 12.2 Å². The number of alkyl halides is 3. The number of hydrogen-bond acceptors (Lipinski definition) is 6. The van der Waals surface area contributed by atoms with Crippen LogP contribution in [0.4, 0.5) is 24.7 Å². The fourth-order valence-electron chi connectivity index (χ4n) is 4.36. The van der Waals surface area contributed by atoms with Crippen LogP contribution in [0.15, 0.2) is 42.5 Å². The number of nitrogens with one attached hydrogen (secondary N) is 1. The fourth-order valence-corrected chi connectivity index (χ4v) is 4.36. The number of halogens is 3. The molecule has 0 atom stereocenters. The fraction of sp³-hybridized carbons (Fsp3) is 0.421. The molecule has 152 valence electrons. The molecule has 0 amide bonds. The Morgan fingerprint density at radius 1 is 0.966 bits per heavy atom. The number of aromatic nitrogens is 4. The lowest BCUT2D eigenvalue weighted by Gasteiger charge is -2.45. The normalized spacial score (nSPS) is 19.4. The maximum Gasteiger partial charge on any atom is 0.453 e. The molecule has 0 aliphatic carbocycles. The summed E-state index contributed by atoms with van der Waals surface area (Å²) in [5.41, 5.74) is 1.28. The van der Waals surface area contributed by atoms with Gasteiger partial charge in [-0.05, 0) is 37.1 Å². The summed E-state index contributed by atoms with van der Waals surface area (Å²) in [5, 5.41) is 14.5. The van der Waals surface area contributed by atoms with Crippen molar-refractivity contribution in [1.82, 2.24) is 25.1 Å². The first-order valence-electron chi connectivity index (χ1n) is 9.54. The Balaban J connectivity index is 1.38. The molecule has 4 heterocycles. The van der Waals surface area contributed by atoms with E-state index in [1.807, 2.05) is 23.1 Å². The van der Waals surface area contributed by atoms with E-state index in [4.69, 9.17) is 0 Å². The summed E-state index contributed by atoms with van der Waals surface area (Å²) in [6, 6.07) is 13.5. The Labute approximate surface area is 165 Å². The van der Waals surface area contributed by atoms with Crippen molar-refractivity contribution in [1.29, 1.82) is 0 Å². The van der Waals surface area contributed by atoms with Crippen LogP contribution >= 0.6 is 0 Å². The van der Waals surface area contributed by atoms with Crippen LogP contribution in [0, 0.1) is 0 Å². The van der Waals surface area contributed by atoms with Gasteiger partial charge in [-0.1, -0.05) is 18.2 Å². The van der Waals surface area contributed by atoms with Crippen molar-refractivity contribution in [3.63, 3.8) is 0 Å². The highest BCUT2D eigenvalue weighted by Gasteiger charge is 2.44. The Hall–Kier alpha value is -2.88. The lowest BCUT2D eigenvalue weighted by atomic mass is 9.86. The number of nitrogens with zero attached hydrogens (tertiary/aromatic N) is 6. The minimum absolute atomic E-state index is 0.00957. The number of piperidine rings is 1. The quantitative estimate of drug-likeness (QED) is 0.710. The largest absolute Gasteiger partial charge is 0.453 e. The zero-order valence-corrected chi connectivity index (χ0v) is 15.6. The molecule has 0 unspecified atom stereocenters. The highest BCUT2D eigenvalue weighted by atomic mass is 19.4. The van der Waals surface area contributed by atoms with E-state index in [1.54, 1.807) is 6.07 Å². The molecular weight excluding hydrogens is 383 g/mol. The van der Waals surface area contributed by atoms with E-state index in [0.717, 1.165) is 30.6 Å². The molecular formula is C19H20F3N7. The number of fused-ring (bicyclic) bond motifs is 1. The second-order valence-electron chi connectivity index (χ2n) is 7.54. The summed E-state index contributed by atoms with van der Waals surface area (Å²) >= 11 is 0. The minimum atomic E-state index is -4.59. The molecule has 1 aromatic carbocycles. The third kappa shape index (κ3) is 3.07. The van der Waals surface area contributed by atoms with E-state index >= 15 is 0 Å². The second kappa shape index (κ2) is 6.58. The van der Waals surface area contributed by atoms with Crippen LogP contribution in [-0.2, 0) is 6.18 Å². The molecule has 2 aromatic heterocycles. The van der Waals surface area contributed by atoms with Gasteiger partial charge in [-0.15, -0.1) is 15.3 Å². The summed E-state index contributed by atoms with van der Waals surface area (Å²) in [7, 11) is 0. The minimum Gasteiger partial charge on any atom is -0.355 e. The van der Waals surface area contributed by atoms with Crippen molar-refractivity contribution >= 4 is 17.2 Å². The van der Waals surface area contributed by atoms with E-state index in [1.165, 1.54) is 11.8 Å². The van der Waals surface area contributed by atoms with Gasteiger partial charge in [0.1, 0.15) is 5.82 Å². The molecule has 1 spiro atoms. The predicted molar refractivity (Wildman–Crippen MR) is 102 cm³/mol. The van der Waals surface area contributed by atoms with Crippen molar-refractivity contribution in [2.75, 3.05) is 36.1 Å². The van der Waals surface area contributed by atoms with Crippen LogP contribution in [0.25, 0.3) is 5.65 Å². The molecule has 10 heteroatoms. The van der Waals surface area contributed by atoms with Gasteiger partial charge in [0.15, 0.2) is 5.65 Å². The lowest BCUT2D eigenvalue weighted by molar-refractivity contribution is -0.146. The molecule has 2 saturated heterocycles. The van der Waals surface area contributed by atoms with Gasteiger partial charge in [-0.2, -0.15) is 17.7 Å². The number of anilines is 2. The Morgan fingerprint density at radius 2 is 1.72 bits per heavy atom. The van der Waals surface area contributed by atoms with Gasteiger partial charge >= 0.3 is 6.18 Å². The van der Waals surface area contributed by atoms with Crippen LogP contribution in [0.1, 0.15) is 18.7 Å². The van der Waals surface area contributed by atoms with Gasteiger partial charge in [0.25, 0.3) is 5.82 Å². The zero-order chi connectivity index (χ0) is 20.1. The van der Waals surface area contributed by atoms with E-state index in [-0.39, 0.29) is 11.2 Å². The van der Waals surface area contributed by atoms with Gasteiger partial charge in [0.2, 0.25) is 0 Å². The Kier molecular flexibility index (Phi) is 4.12. The molecule has 0 radical (unpaired) electrons. The van der Waals surface area contributed by atoms with Crippen LogP contribution < -0.4 is 15.1 Å². The first-order chi connectivity index (χ1) is 14.0. The van der Waals surface area contributed by atoms with E-state index in [9.17, 15) is 13.2 Å². The van der Waals surface area contributed by atoms with Crippen molar-refractivity contribution in [3.8, 4) is 0 Å². The highest BCUT2D eigenvalue weighted by Crippen LogP contribution is 2.36. The molecule has 0 bridgehead atoms. The summed E-state index contributed by atoms with van der Waals surface area (Å²) in [6.07, 6.45) is -2.81. The Morgan fingerprint density at radius 3 is 2.45 bits per heavy atom. The molecule has 3 aromatic rings. The zero-order valence-electron chi connectivity index (χ0n) is 15.6. The van der Waals surface area contributed by atoms with Crippen LogP contribution in [0.2, 0.25) is 0 Å². The summed E-state index contributed by atoms with van der Waals surface area (Å²) in [6.45, 7) is 3.12. The summed E-state index contributed by atoms with van der Waals surface area (Å²) < 4.78 is 40.2. The van der Waals surface area contributed by atoms with Crippen molar-refractivity contribution in [3.05, 3.63) is 48.3 Å². The van der Waals surface area contributed by atoms with Gasteiger partial charge < -0.3 is 9.80 Å². The smallest absolute Gasteiger partial charge is 0.355 e. The maximum atomic E-state index is 13.1. The molecule has 2 aliphatic heterocycles. The van der Waals surface area contributed by atoms with Gasteiger partial charge in [-0.25, -0.2) is 0 Å². The van der Waals surface area contributed by atoms with Crippen LogP contribution in [0.5, 0.6) is 0 Å². The monoisotopic (exact) mass is 403 g/mol. The second-order valence-corrected chi connectivity index (χ2v) is 7.54. The average Bonchev–Trinajstić information content (AvgIpc) is 3.33. The number of para-hydroxylation sites is 1. The van der Waals surface area contributed by atoms with E-state index < -0.39 is 12.0 Å². The van der Waals surface area contributed by atoms with Crippen molar-refractivity contribution < 1.29 is 13.2 Å². The summed E-state index contributed by atoms with van der Waals surface area (Å²) in [5.74, 6) is -0.590. The van der Waals surface area contributed by atoms with Crippen LogP contribution in [0.3, 0.4) is 0 Å². The first kappa shape index (κ1) is 18.2. The first-order valence-corrected chi connectivity index (χ1v) is 9.54. The average molecular weight is 403 g/mol.